The van der Waals surface area contributed by atoms with Crippen molar-refractivity contribution >= 4 is 39.2 Å². The highest BCUT2D eigenvalue weighted by Crippen LogP contribution is 2.37. The molecule has 2 aromatic rings. The van der Waals surface area contributed by atoms with Crippen LogP contribution in [0.1, 0.15) is 15.9 Å². The number of methoxy groups -OCH3 is 3. The number of allylic oxidation sites excluding steroid dienone is 1. The van der Waals surface area contributed by atoms with Gasteiger partial charge in [0.05, 0.1) is 42.7 Å². The fourth-order valence-corrected chi connectivity index (χ4v) is 3.08. The maximum atomic E-state index is 13.0. The topological polar surface area (TPSA) is 74.0 Å². The quantitative estimate of drug-likeness (QED) is 0.403. The lowest BCUT2D eigenvalue weighted by molar-refractivity contribution is 0.104. The van der Waals surface area contributed by atoms with Crippen LogP contribution < -0.4 is 24.8 Å². The fourth-order valence-electron chi connectivity index (χ4n) is 2.60. The smallest absolute Gasteiger partial charge is 0.203 e. The second kappa shape index (κ2) is 8.81. The molecule has 0 aliphatic rings. The van der Waals surface area contributed by atoms with Crippen LogP contribution in [0.15, 0.2) is 34.8 Å². The molecule has 0 saturated carbocycles. The third-order valence-electron chi connectivity index (χ3n) is 3.98. The van der Waals surface area contributed by atoms with Gasteiger partial charge in [0, 0.05) is 20.2 Å². The molecule has 0 aliphatic carbocycles. The van der Waals surface area contributed by atoms with E-state index in [1.165, 1.54) is 21.3 Å². The van der Waals surface area contributed by atoms with E-state index in [0.29, 0.717) is 33.0 Å². The van der Waals surface area contributed by atoms with Crippen molar-refractivity contribution in [3.05, 3.63) is 45.9 Å². The first-order valence-corrected chi connectivity index (χ1v) is 8.90. The number of halogens is 1. The van der Waals surface area contributed by atoms with Crippen LogP contribution in [0.4, 0.5) is 11.4 Å². The zero-order valence-electron chi connectivity index (χ0n) is 16.0. The van der Waals surface area contributed by atoms with E-state index in [-0.39, 0.29) is 5.78 Å². The Morgan fingerprint density at radius 3 is 2.33 bits per heavy atom. The standard InChI is InChI=1S/C20H23BrN2O4/c1-23(2)17-9-12(6-7-16(17)22)8-15(21)19(24)14-10-13(25-3)11-18(26-4)20(14)27-5/h6-11H,22H2,1-5H3. The van der Waals surface area contributed by atoms with E-state index >= 15 is 0 Å². The molecule has 0 unspecified atom stereocenters. The zero-order valence-corrected chi connectivity index (χ0v) is 17.6. The number of anilines is 2. The van der Waals surface area contributed by atoms with Gasteiger partial charge in [0.1, 0.15) is 5.75 Å². The maximum Gasteiger partial charge on any atom is 0.203 e. The molecule has 6 nitrogen and oxygen atoms in total. The van der Waals surface area contributed by atoms with E-state index in [1.54, 1.807) is 24.3 Å². The molecular weight excluding hydrogens is 412 g/mol. The van der Waals surface area contributed by atoms with Gasteiger partial charge in [-0.3, -0.25) is 4.79 Å². The number of nitrogens with two attached hydrogens (primary N) is 1. The normalized spacial score (nSPS) is 11.1. The molecule has 0 aliphatic heterocycles. The summed E-state index contributed by atoms with van der Waals surface area (Å²) in [7, 11) is 8.34. The minimum atomic E-state index is -0.257. The summed E-state index contributed by atoms with van der Waals surface area (Å²) < 4.78 is 16.3. The molecule has 0 bridgehead atoms. The van der Waals surface area contributed by atoms with Crippen molar-refractivity contribution < 1.29 is 19.0 Å². The van der Waals surface area contributed by atoms with Crippen LogP contribution in [0.25, 0.3) is 6.08 Å². The average Bonchev–Trinajstić information content (AvgIpc) is 2.67. The lowest BCUT2D eigenvalue weighted by atomic mass is 10.1. The van der Waals surface area contributed by atoms with Crippen molar-refractivity contribution in [1.82, 2.24) is 0 Å². The van der Waals surface area contributed by atoms with E-state index in [4.69, 9.17) is 19.9 Å². The third kappa shape index (κ3) is 4.54. The number of hydrogen-bond acceptors (Lipinski definition) is 6. The van der Waals surface area contributed by atoms with E-state index in [9.17, 15) is 4.79 Å². The average molecular weight is 435 g/mol. The molecule has 0 aromatic heterocycles. The Balaban J connectivity index is 2.48. The van der Waals surface area contributed by atoms with Crippen LogP contribution in [-0.4, -0.2) is 41.2 Å². The summed E-state index contributed by atoms with van der Waals surface area (Å²) in [5.74, 6) is 1.01. The van der Waals surface area contributed by atoms with Crippen molar-refractivity contribution in [2.24, 2.45) is 0 Å². The molecule has 0 spiro atoms. The highest BCUT2D eigenvalue weighted by molar-refractivity contribution is 9.12. The van der Waals surface area contributed by atoms with Crippen LogP contribution in [0, 0.1) is 0 Å². The number of rotatable bonds is 7. The number of hydrogen-bond donors (Lipinski definition) is 1. The molecule has 0 amide bonds. The molecule has 144 valence electrons. The maximum absolute atomic E-state index is 13.0. The van der Waals surface area contributed by atoms with Crippen molar-refractivity contribution in [3.63, 3.8) is 0 Å². The molecule has 0 radical (unpaired) electrons. The first-order chi connectivity index (χ1) is 12.8. The molecule has 27 heavy (non-hydrogen) atoms. The Hall–Kier alpha value is -2.67. The number of ketones is 1. The zero-order chi connectivity index (χ0) is 20.1. The number of carbonyl (C=O) groups excluding carboxylic acids is 1. The van der Waals surface area contributed by atoms with Crippen LogP contribution in [0.5, 0.6) is 17.2 Å². The number of benzene rings is 2. The Kier molecular flexibility index (Phi) is 6.74. The van der Waals surface area contributed by atoms with Crippen LogP contribution in [-0.2, 0) is 0 Å². The van der Waals surface area contributed by atoms with Crippen molar-refractivity contribution in [3.8, 4) is 17.2 Å². The summed E-state index contributed by atoms with van der Waals surface area (Å²) >= 11 is 3.38. The van der Waals surface area contributed by atoms with Crippen LogP contribution in [0.2, 0.25) is 0 Å². The summed E-state index contributed by atoms with van der Waals surface area (Å²) in [6.07, 6.45) is 1.74. The summed E-state index contributed by atoms with van der Waals surface area (Å²) in [6, 6.07) is 8.85. The highest BCUT2D eigenvalue weighted by Gasteiger charge is 2.21. The molecule has 2 rings (SSSR count). The lowest BCUT2D eigenvalue weighted by Crippen LogP contribution is -2.11. The number of ether oxygens (including phenoxy) is 3. The Bertz CT molecular complexity index is 879. The van der Waals surface area contributed by atoms with Gasteiger partial charge in [-0.25, -0.2) is 0 Å². The third-order valence-corrected chi connectivity index (χ3v) is 4.57. The molecule has 2 aromatic carbocycles. The predicted octanol–water partition coefficient (Wildman–Crippen LogP) is 3.98. The molecule has 2 N–H and O–H groups in total. The van der Waals surface area contributed by atoms with E-state index < -0.39 is 0 Å². The summed E-state index contributed by atoms with van der Waals surface area (Å²) in [5.41, 5.74) is 8.69. The van der Waals surface area contributed by atoms with Gasteiger partial charge in [-0.05, 0) is 45.8 Å². The van der Waals surface area contributed by atoms with Crippen LogP contribution >= 0.6 is 15.9 Å². The second-order valence-electron chi connectivity index (χ2n) is 5.94. The minimum Gasteiger partial charge on any atom is -0.497 e. The first kappa shape index (κ1) is 20.6. The number of carbonyl (C=O) groups is 1. The van der Waals surface area contributed by atoms with Gasteiger partial charge in [-0.15, -0.1) is 0 Å². The van der Waals surface area contributed by atoms with Gasteiger partial charge in [0.15, 0.2) is 11.5 Å². The van der Waals surface area contributed by atoms with Gasteiger partial charge >= 0.3 is 0 Å². The lowest BCUT2D eigenvalue weighted by Gasteiger charge is -2.16. The predicted molar refractivity (Wildman–Crippen MR) is 113 cm³/mol. The fraction of sp³-hybridized carbons (Fsp3) is 0.250. The van der Waals surface area contributed by atoms with Crippen molar-refractivity contribution in [2.75, 3.05) is 46.1 Å². The molecule has 0 saturated heterocycles. The summed E-state index contributed by atoms with van der Waals surface area (Å²) in [4.78, 5) is 14.9. The van der Waals surface area contributed by atoms with Crippen molar-refractivity contribution in [2.45, 2.75) is 0 Å². The molecule has 0 fully saturated rings. The van der Waals surface area contributed by atoms with Gasteiger partial charge in [-0.2, -0.15) is 0 Å². The van der Waals surface area contributed by atoms with E-state index in [2.05, 4.69) is 15.9 Å². The van der Waals surface area contributed by atoms with Gasteiger partial charge in [0.2, 0.25) is 5.78 Å². The molecule has 0 atom stereocenters. The van der Waals surface area contributed by atoms with Crippen LogP contribution in [0.3, 0.4) is 0 Å². The SMILES string of the molecule is COc1cc(OC)c(OC)c(C(=O)C(Br)=Cc2ccc(N)c(N(C)C)c2)c1. The Labute approximate surface area is 167 Å². The minimum absolute atomic E-state index is 0.257. The van der Waals surface area contributed by atoms with Gasteiger partial charge < -0.3 is 24.8 Å². The van der Waals surface area contributed by atoms with E-state index in [0.717, 1.165) is 11.3 Å². The number of Topliss-reactive ketones (excluding diaryl/α,β-unsaturated/α-hetero) is 1. The highest BCUT2D eigenvalue weighted by atomic mass is 79.9. The summed E-state index contributed by atoms with van der Waals surface area (Å²) in [5, 5.41) is 0. The largest absolute Gasteiger partial charge is 0.497 e. The van der Waals surface area contributed by atoms with Crippen molar-refractivity contribution in [1.29, 1.82) is 0 Å². The molecule has 0 heterocycles. The van der Waals surface area contributed by atoms with Gasteiger partial charge in [-0.1, -0.05) is 6.07 Å². The Morgan fingerprint density at radius 2 is 1.78 bits per heavy atom. The molecule has 7 heteroatoms. The number of nitrogen functional groups attached to an aromatic ring is 1. The van der Waals surface area contributed by atoms with Gasteiger partial charge in [0.25, 0.3) is 0 Å². The second-order valence-corrected chi connectivity index (χ2v) is 6.80. The monoisotopic (exact) mass is 434 g/mol. The van der Waals surface area contributed by atoms with E-state index in [1.807, 2.05) is 31.1 Å². The molecular formula is C20H23BrN2O4. The number of nitrogens with zero attached hydrogens (tertiary/aromatic N) is 1. The Morgan fingerprint density at radius 1 is 1.07 bits per heavy atom. The first-order valence-electron chi connectivity index (χ1n) is 8.11. The summed E-state index contributed by atoms with van der Waals surface area (Å²) in [6.45, 7) is 0.